The summed E-state index contributed by atoms with van der Waals surface area (Å²) in [6.45, 7) is 9.87. The van der Waals surface area contributed by atoms with E-state index in [0.717, 1.165) is 0 Å². The molecule has 26 heavy (non-hydrogen) atoms. The van der Waals surface area contributed by atoms with E-state index in [0.29, 0.717) is 4.90 Å². The van der Waals surface area contributed by atoms with E-state index in [1.54, 1.807) is 52.3 Å². The van der Waals surface area contributed by atoms with E-state index in [-0.39, 0.29) is 6.54 Å². The van der Waals surface area contributed by atoms with Crippen molar-refractivity contribution in [3.05, 3.63) is 18.7 Å². The standard InChI is InChI=1S/C17H27N3O6/c1-16(2,3)25-14(22)20(15(23)26-17(4,5)6)12(13(21)24-7)10-19-9-8-18-11-19/h8-9,11-12H,10H2,1-7H3. The zero-order chi connectivity index (χ0) is 20.1. The van der Waals surface area contributed by atoms with Crippen LogP contribution in [0.25, 0.3) is 0 Å². The summed E-state index contributed by atoms with van der Waals surface area (Å²) < 4.78 is 16.9. The fourth-order valence-corrected chi connectivity index (χ4v) is 1.94. The molecule has 0 radical (unpaired) electrons. The number of hydrogen-bond acceptors (Lipinski definition) is 7. The summed E-state index contributed by atoms with van der Waals surface area (Å²) in [5.41, 5.74) is -1.74. The summed E-state index contributed by atoms with van der Waals surface area (Å²) >= 11 is 0. The average molecular weight is 369 g/mol. The first-order valence-corrected chi connectivity index (χ1v) is 8.13. The Labute approximate surface area is 153 Å². The van der Waals surface area contributed by atoms with E-state index in [1.165, 1.54) is 19.6 Å². The number of methoxy groups -OCH3 is 1. The Balaban J connectivity index is 3.24. The topological polar surface area (TPSA) is 100.0 Å². The SMILES string of the molecule is COC(=O)C(Cn1ccnc1)N(C(=O)OC(C)(C)C)C(=O)OC(C)(C)C. The molecule has 0 fully saturated rings. The Bertz CT molecular complexity index is 600. The highest BCUT2D eigenvalue weighted by Gasteiger charge is 2.41. The number of imide groups is 1. The first-order chi connectivity index (χ1) is 11.8. The second kappa shape index (κ2) is 8.20. The number of rotatable bonds is 4. The number of carbonyl (C=O) groups is 3. The monoisotopic (exact) mass is 369 g/mol. The largest absolute Gasteiger partial charge is 0.467 e. The zero-order valence-electron chi connectivity index (χ0n) is 16.3. The third-order valence-electron chi connectivity index (χ3n) is 2.91. The molecule has 0 saturated carbocycles. The van der Waals surface area contributed by atoms with Crippen LogP contribution in [-0.2, 0) is 25.5 Å². The number of carbonyl (C=O) groups excluding carboxylic acids is 3. The number of nitrogens with zero attached hydrogens (tertiary/aromatic N) is 3. The van der Waals surface area contributed by atoms with Crippen LogP contribution < -0.4 is 0 Å². The molecular formula is C17H27N3O6. The molecule has 0 aromatic carbocycles. The van der Waals surface area contributed by atoms with Crippen LogP contribution in [0.5, 0.6) is 0 Å². The molecule has 1 heterocycles. The maximum atomic E-state index is 12.6. The molecular weight excluding hydrogens is 342 g/mol. The lowest BCUT2D eigenvalue weighted by atomic mass is 10.2. The van der Waals surface area contributed by atoms with Gasteiger partial charge >= 0.3 is 18.2 Å². The summed E-state index contributed by atoms with van der Waals surface area (Å²) in [5, 5.41) is 0. The van der Waals surface area contributed by atoms with E-state index in [2.05, 4.69) is 4.98 Å². The quantitative estimate of drug-likeness (QED) is 0.594. The Morgan fingerprint density at radius 1 is 1.04 bits per heavy atom. The van der Waals surface area contributed by atoms with Crippen molar-refractivity contribution in [1.29, 1.82) is 0 Å². The normalized spacial score (nSPS) is 12.9. The zero-order valence-corrected chi connectivity index (χ0v) is 16.3. The highest BCUT2D eigenvalue weighted by Crippen LogP contribution is 2.18. The third kappa shape index (κ3) is 6.73. The minimum Gasteiger partial charge on any atom is -0.467 e. The molecule has 1 rings (SSSR count). The van der Waals surface area contributed by atoms with Gasteiger partial charge < -0.3 is 18.8 Å². The molecule has 146 valence electrons. The summed E-state index contributed by atoms with van der Waals surface area (Å²) in [4.78, 5) is 42.1. The molecule has 1 aromatic rings. The molecule has 2 amide bonds. The number of imidazole rings is 1. The van der Waals surface area contributed by atoms with Crippen LogP contribution in [0.3, 0.4) is 0 Å². The molecule has 9 nitrogen and oxygen atoms in total. The smallest absolute Gasteiger partial charge is 0.420 e. The van der Waals surface area contributed by atoms with Gasteiger partial charge in [0.1, 0.15) is 11.2 Å². The lowest BCUT2D eigenvalue weighted by Crippen LogP contribution is -2.53. The molecule has 0 bridgehead atoms. The van der Waals surface area contributed by atoms with Crippen molar-refractivity contribution >= 4 is 18.2 Å². The van der Waals surface area contributed by atoms with Gasteiger partial charge in [-0.15, -0.1) is 0 Å². The highest BCUT2D eigenvalue weighted by molar-refractivity contribution is 5.94. The minimum absolute atomic E-state index is 0.0504. The van der Waals surface area contributed by atoms with Gasteiger partial charge in [-0.2, -0.15) is 4.90 Å². The van der Waals surface area contributed by atoms with E-state index >= 15 is 0 Å². The molecule has 0 spiro atoms. The number of amides is 2. The second-order valence-corrected chi connectivity index (χ2v) is 7.63. The Morgan fingerprint density at radius 2 is 1.54 bits per heavy atom. The maximum Gasteiger partial charge on any atom is 0.420 e. The first kappa shape index (κ1) is 21.5. The highest BCUT2D eigenvalue weighted by atomic mass is 16.6. The maximum absolute atomic E-state index is 12.6. The molecule has 0 aliphatic carbocycles. The third-order valence-corrected chi connectivity index (χ3v) is 2.91. The molecule has 1 unspecified atom stereocenters. The van der Waals surface area contributed by atoms with Gasteiger partial charge in [-0.3, -0.25) is 0 Å². The van der Waals surface area contributed by atoms with Gasteiger partial charge in [0.05, 0.1) is 20.0 Å². The van der Waals surface area contributed by atoms with Crippen molar-refractivity contribution in [2.24, 2.45) is 0 Å². The fraction of sp³-hybridized carbons (Fsp3) is 0.647. The molecule has 0 N–H and O–H groups in total. The van der Waals surface area contributed by atoms with Crippen LogP contribution in [0.4, 0.5) is 9.59 Å². The van der Waals surface area contributed by atoms with Crippen LogP contribution in [-0.4, -0.2) is 57.0 Å². The summed E-state index contributed by atoms with van der Waals surface area (Å²) in [6, 6.07) is -1.28. The summed E-state index contributed by atoms with van der Waals surface area (Å²) in [7, 11) is 1.17. The number of esters is 1. The Hall–Kier alpha value is -2.58. The van der Waals surface area contributed by atoms with Gasteiger partial charge in [0.25, 0.3) is 0 Å². The van der Waals surface area contributed by atoms with Gasteiger partial charge in [0.2, 0.25) is 0 Å². The second-order valence-electron chi connectivity index (χ2n) is 7.63. The van der Waals surface area contributed by atoms with Crippen molar-refractivity contribution in [1.82, 2.24) is 14.5 Å². The predicted octanol–water partition coefficient (Wildman–Crippen LogP) is 2.60. The van der Waals surface area contributed by atoms with E-state index in [4.69, 9.17) is 14.2 Å². The van der Waals surface area contributed by atoms with Gasteiger partial charge in [-0.25, -0.2) is 19.4 Å². The van der Waals surface area contributed by atoms with E-state index in [1.807, 2.05) is 0 Å². The van der Waals surface area contributed by atoms with Gasteiger partial charge in [-0.1, -0.05) is 0 Å². The van der Waals surface area contributed by atoms with E-state index in [9.17, 15) is 14.4 Å². The molecule has 1 aromatic heterocycles. The molecule has 0 saturated heterocycles. The lowest BCUT2D eigenvalue weighted by molar-refractivity contribution is -0.147. The average Bonchev–Trinajstić information content (AvgIpc) is 2.94. The molecule has 0 aliphatic heterocycles. The summed E-state index contributed by atoms with van der Waals surface area (Å²) in [5.74, 6) is -0.782. The van der Waals surface area contributed by atoms with Crippen LogP contribution >= 0.6 is 0 Å². The van der Waals surface area contributed by atoms with Crippen molar-refractivity contribution in [3.63, 3.8) is 0 Å². The van der Waals surface area contributed by atoms with E-state index < -0.39 is 35.4 Å². The van der Waals surface area contributed by atoms with Crippen LogP contribution in [0.1, 0.15) is 41.5 Å². The van der Waals surface area contributed by atoms with Gasteiger partial charge in [0, 0.05) is 12.4 Å². The predicted molar refractivity (Wildman–Crippen MR) is 92.3 cm³/mol. The van der Waals surface area contributed by atoms with Gasteiger partial charge in [0.15, 0.2) is 6.04 Å². The molecule has 9 heteroatoms. The van der Waals surface area contributed by atoms with Crippen LogP contribution in [0.2, 0.25) is 0 Å². The van der Waals surface area contributed by atoms with Crippen molar-refractivity contribution in [2.75, 3.05) is 7.11 Å². The Kier molecular flexibility index (Phi) is 6.77. The minimum atomic E-state index is -1.28. The molecule has 1 atom stereocenters. The van der Waals surface area contributed by atoms with Gasteiger partial charge in [-0.05, 0) is 41.5 Å². The number of aromatic nitrogens is 2. The number of hydrogen-bond donors (Lipinski definition) is 0. The van der Waals surface area contributed by atoms with Crippen molar-refractivity contribution in [2.45, 2.75) is 65.3 Å². The fourth-order valence-electron chi connectivity index (χ4n) is 1.94. The van der Waals surface area contributed by atoms with Crippen LogP contribution in [0, 0.1) is 0 Å². The van der Waals surface area contributed by atoms with Crippen molar-refractivity contribution in [3.8, 4) is 0 Å². The Morgan fingerprint density at radius 3 is 1.88 bits per heavy atom. The molecule has 0 aliphatic rings. The number of ether oxygens (including phenoxy) is 3. The lowest BCUT2D eigenvalue weighted by Gasteiger charge is -2.32. The first-order valence-electron chi connectivity index (χ1n) is 8.13. The van der Waals surface area contributed by atoms with Crippen molar-refractivity contribution < 1.29 is 28.6 Å². The summed E-state index contributed by atoms with van der Waals surface area (Å²) in [6.07, 6.45) is 2.57. The van der Waals surface area contributed by atoms with Crippen LogP contribution in [0.15, 0.2) is 18.7 Å².